The quantitative estimate of drug-likeness (QED) is 0.149. The summed E-state index contributed by atoms with van der Waals surface area (Å²) in [5.41, 5.74) is 3.65. The Morgan fingerprint density at radius 1 is 0.912 bits per heavy atom. The first-order valence-electron chi connectivity index (χ1n) is 21.8. The van der Waals surface area contributed by atoms with Gasteiger partial charge in [0.15, 0.2) is 5.78 Å². The maximum absolute atomic E-state index is 14.8. The van der Waals surface area contributed by atoms with Crippen LogP contribution in [0, 0.1) is 28.6 Å². The average molecular weight is 773 g/mol. The number of aliphatic hydroxyl groups excluding tert-OH is 1. The highest BCUT2D eigenvalue weighted by molar-refractivity contribution is 6.10. The Balaban J connectivity index is 1.17. The van der Waals surface area contributed by atoms with Crippen LogP contribution in [0.15, 0.2) is 84.4 Å². The zero-order valence-electron chi connectivity index (χ0n) is 34.6. The highest BCUT2D eigenvalue weighted by Gasteiger charge is 2.59. The smallest absolute Gasteiger partial charge is 0.317 e. The molecule has 0 saturated heterocycles. The molecule has 6 bridgehead atoms. The van der Waals surface area contributed by atoms with Crippen molar-refractivity contribution in [3.8, 4) is 5.75 Å². The second-order valence-electron chi connectivity index (χ2n) is 19.4. The monoisotopic (exact) mass is 772 g/mol. The third kappa shape index (κ3) is 8.08. The second kappa shape index (κ2) is 16.0. The highest BCUT2D eigenvalue weighted by atomic mass is 16.5. The van der Waals surface area contributed by atoms with E-state index in [1.165, 1.54) is 44.1 Å². The molecule has 5 fully saturated rings. The molecule has 10 rings (SSSR count). The van der Waals surface area contributed by atoms with Gasteiger partial charge in [0.2, 0.25) is 0 Å². The van der Waals surface area contributed by atoms with Crippen LogP contribution in [-0.2, 0) is 6.42 Å². The molecule has 3 aromatic carbocycles. The van der Waals surface area contributed by atoms with Gasteiger partial charge in [-0.1, -0.05) is 61.0 Å². The van der Waals surface area contributed by atoms with Gasteiger partial charge in [-0.25, -0.2) is 4.79 Å². The number of aliphatic hydroxyl groups is 2. The number of carbonyl (C=O) groups excluding carboxylic acids is 2. The molecule has 2 amide bonds. The number of fused-ring (bicyclic) bond motifs is 8. The van der Waals surface area contributed by atoms with E-state index < -0.39 is 17.1 Å². The molecule has 0 spiro atoms. The van der Waals surface area contributed by atoms with Gasteiger partial charge >= 0.3 is 6.03 Å². The van der Waals surface area contributed by atoms with Crippen LogP contribution in [0.3, 0.4) is 0 Å². The highest BCUT2D eigenvalue weighted by Crippen LogP contribution is 2.62. The molecule has 0 heterocycles. The van der Waals surface area contributed by atoms with Crippen molar-refractivity contribution in [3.63, 3.8) is 0 Å². The number of ether oxygens (including phenoxy) is 1. The molecule has 304 valence electrons. The number of ketones is 1. The summed E-state index contributed by atoms with van der Waals surface area (Å²) in [6.45, 7) is 7.35. The molecule has 5 atom stereocenters. The maximum Gasteiger partial charge on any atom is 0.317 e. The zero-order chi connectivity index (χ0) is 40.0. The van der Waals surface area contributed by atoms with E-state index in [-0.39, 0.29) is 35.7 Å². The number of hydrogen-bond acceptors (Lipinski definition) is 5. The van der Waals surface area contributed by atoms with E-state index >= 15 is 0 Å². The minimum Gasteiger partial charge on any atom is -0.497 e. The summed E-state index contributed by atoms with van der Waals surface area (Å²) in [7, 11) is 1.62. The Morgan fingerprint density at radius 3 is 2.26 bits per heavy atom. The van der Waals surface area contributed by atoms with Crippen molar-refractivity contribution in [2.45, 2.75) is 128 Å². The van der Waals surface area contributed by atoms with E-state index in [4.69, 9.17) is 4.74 Å². The van der Waals surface area contributed by atoms with Crippen molar-refractivity contribution in [1.82, 2.24) is 10.2 Å². The van der Waals surface area contributed by atoms with Gasteiger partial charge in [0.1, 0.15) is 5.75 Å². The lowest BCUT2D eigenvalue weighted by Gasteiger charge is -2.58. The molecule has 0 radical (unpaired) electrons. The summed E-state index contributed by atoms with van der Waals surface area (Å²) in [5, 5.41) is 27.9. The van der Waals surface area contributed by atoms with Gasteiger partial charge in [-0.15, -0.1) is 0 Å². The van der Waals surface area contributed by atoms with Gasteiger partial charge in [-0.05, 0) is 173 Å². The first-order valence-corrected chi connectivity index (χ1v) is 21.8. The molecule has 7 nitrogen and oxygen atoms in total. The van der Waals surface area contributed by atoms with E-state index in [0.717, 1.165) is 47.3 Å². The van der Waals surface area contributed by atoms with Crippen LogP contribution in [0.4, 0.5) is 4.79 Å². The number of allylic oxidation sites excluding steroid dienone is 2. The van der Waals surface area contributed by atoms with E-state index in [1.807, 2.05) is 60.4 Å². The van der Waals surface area contributed by atoms with E-state index in [1.54, 1.807) is 7.11 Å². The normalized spacial score (nSPS) is 32.5. The van der Waals surface area contributed by atoms with Gasteiger partial charge < -0.3 is 25.2 Å². The van der Waals surface area contributed by atoms with Gasteiger partial charge in [0.25, 0.3) is 0 Å². The number of urea groups is 1. The van der Waals surface area contributed by atoms with Crippen molar-refractivity contribution in [2.75, 3.05) is 20.2 Å². The largest absolute Gasteiger partial charge is 0.497 e. The molecular weight excluding hydrogens is 709 g/mol. The van der Waals surface area contributed by atoms with Crippen LogP contribution in [0.5, 0.6) is 5.75 Å². The summed E-state index contributed by atoms with van der Waals surface area (Å²) in [6.07, 6.45) is 13.9. The van der Waals surface area contributed by atoms with Crippen molar-refractivity contribution in [1.29, 1.82) is 0 Å². The van der Waals surface area contributed by atoms with E-state index in [0.29, 0.717) is 55.5 Å². The predicted octanol–water partition coefficient (Wildman–Crippen LogP) is 9.95. The number of amides is 2. The minimum atomic E-state index is -1.19. The number of carbonyl (C=O) groups is 2. The molecule has 7 aliphatic carbocycles. The predicted molar refractivity (Wildman–Crippen MR) is 225 cm³/mol. The molecular formula is C50H64N2O5. The molecule has 3 aromatic rings. The second-order valence-corrected chi connectivity index (χ2v) is 19.4. The van der Waals surface area contributed by atoms with Gasteiger partial charge in [0, 0.05) is 23.1 Å². The molecule has 0 aliphatic heterocycles. The van der Waals surface area contributed by atoms with Crippen molar-refractivity contribution >= 4 is 11.8 Å². The van der Waals surface area contributed by atoms with Gasteiger partial charge in [-0.2, -0.15) is 0 Å². The van der Waals surface area contributed by atoms with Crippen molar-refractivity contribution in [3.05, 3.63) is 112 Å². The summed E-state index contributed by atoms with van der Waals surface area (Å²) in [5.74, 6) is 2.75. The fourth-order valence-corrected chi connectivity index (χ4v) is 12.6. The summed E-state index contributed by atoms with van der Waals surface area (Å²) < 4.78 is 5.40. The van der Waals surface area contributed by atoms with Gasteiger partial charge in [0.05, 0.1) is 31.4 Å². The lowest BCUT2D eigenvalue weighted by molar-refractivity contribution is -0.0985. The molecule has 3 N–H and O–H groups in total. The first kappa shape index (κ1) is 39.9. The van der Waals surface area contributed by atoms with Crippen LogP contribution in [0.1, 0.15) is 142 Å². The third-order valence-corrected chi connectivity index (χ3v) is 15.3. The number of nitrogens with one attached hydrogen (secondary N) is 1. The molecule has 5 unspecified atom stereocenters. The Kier molecular flexibility index (Phi) is 11.2. The lowest BCUT2D eigenvalue weighted by atomic mass is 9.49. The van der Waals surface area contributed by atoms with Crippen LogP contribution in [-0.4, -0.2) is 58.8 Å². The van der Waals surface area contributed by atoms with E-state index in [2.05, 4.69) is 49.5 Å². The summed E-state index contributed by atoms with van der Waals surface area (Å²) in [6, 6.07) is 23.3. The Bertz CT molecular complexity index is 1920. The molecule has 7 aliphatic rings. The number of nitrogens with zero attached hydrogens (tertiary/aromatic N) is 1. The van der Waals surface area contributed by atoms with Crippen molar-refractivity contribution < 1.29 is 24.5 Å². The van der Waals surface area contributed by atoms with E-state index in [9.17, 15) is 19.8 Å². The molecule has 5 saturated carbocycles. The fourth-order valence-electron chi connectivity index (χ4n) is 12.6. The Hall–Kier alpha value is -3.94. The number of rotatable bonds is 9. The molecule has 0 aromatic heterocycles. The Labute approximate surface area is 340 Å². The number of methoxy groups -OCH3 is 1. The summed E-state index contributed by atoms with van der Waals surface area (Å²) >= 11 is 0. The fraction of sp³-hybridized carbons (Fsp3) is 0.560. The maximum atomic E-state index is 14.8. The lowest BCUT2D eigenvalue weighted by Crippen LogP contribution is -2.59. The minimum absolute atomic E-state index is 0.0673. The van der Waals surface area contributed by atoms with Gasteiger partial charge in [-0.3, -0.25) is 4.79 Å². The van der Waals surface area contributed by atoms with Crippen molar-refractivity contribution in [2.24, 2.45) is 28.6 Å². The van der Waals surface area contributed by atoms with Crippen LogP contribution in [0.2, 0.25) is 0 Å². The molecule has 7 heteroatoms. The summed E-state index contributed by atoms with van der Waals surface area (Å²) in [4.78, 5) is 31.4. The standard InChI is InChI=1S/C50H64N2O5/c1-33-9-8-21-48(3)45(43-19-13-35(26-41(53)16-12-33)27-44(43)46(54)40-14-17-42(57-4)18-15-40)20-22-50(48,56)32-52(47(55)51-34(2)39-10-6-5-7-11-39)31-49-28-36-23-37(29-49)25-38(24-36)30-49/h5-7,9-11,13-15,17-19,27,34,36-38,41,45,53,56H,8,12,16,20-26,28-32H2,1-4H3,(H,51,55). The number of hydrogen-bond donors (Lipinski definition) is 3. The molecule has 57 heavy (non-hydrogen) atoms. The number of benzene rings is 3. The topological polar surface area (TPSA) is 99.1 Å². The SMILES string of the molecule is COc1ccc(C(=O)c2cc3ccc2C2CCC(O)(CN(CC45CC6CC(CC(C6)C4)C5)C(=O)NC(C)c4ccccc4)C2(C)CCC=C(C)CCC(O)C3)cc1. The Morgan fingerprint density at radius 2 is 1.60 bits per heavy atom. The zero-order valence-corrected chi connectivity index (χ0v) is 34.6. The van der Waals surface area contributed by atoms with Crippen LogP contribution in [0.25, 0.3) is 0 Å². The average Bonchev–Trinajstić information content (AvgIpc) is 3.44. The van der Waals surface area contributed by atoms with Crippen LogP contribution < -0.4 is 10.1 Å². The van der Waals surface area contributed by atoms with Crippen LogP contribution >= 0.6 is 0 Å². The first-order chi connectivity index (χ1) is 27.4. The third-order valence-electron chi connectivity index (χ3n) is 15.3.